The summed E-state index contributed by atoms with van der Waals surface area (Å²) in [6.45, 7) is 6.97. The van der Waals surface area contributed by atoms with Gasteiger partial charge in [0.1, 0.15) is 19.3 Å². The fraction of sp³-hybridized carbons (Fsp3) is 0.828. The van der Waals surface area contributed by atoms with Gasteiger partial charge in [0.05, 0.1) is 33.8 Å². The molecular weight excluding hydrogens is 868 g/mol. The fourth-order valence-corrected chi connectivity index (χ4v) is 8.80. The van der Waals surface area contributed by atoms with Crippen LogP contribution in [0.5, 0.6) is 0 Å². The zero-order valence-corrected chi connectivity index (χ0v) is 46.2. The van der Waals surface area contributed by atoms with E-state index in [0.717, 1.165) is 83.5 Å². The summed E-state index contributed by atoms with van der Waals surface area (Å²) in [6.07, 6.45) is 58.1. The Morgan fingerprint density at radius 3 is 1.37 bits per heavy atom. The average Bonchev–Trinajstić information content (AvgIpc) is 3.29. The zero-order chi connectivity index (χ0) is 50.1. The number of phosphoric ester groups is 1. The van der Waals surface area contributed by atoms with Gasteiger partial charge in [-0.2, -0.15) is 0 Å². The minimum atomic E-state index is -4.45. The van der Waals surface area contributed by atoms with Crippen molar-refractivity contribution in [1.82, 2.24) is 5.32 Å². The Bertz CT molecular complexity index is 1310. The molecule has 0 aromatic carbocycles. The van der Waals surface area contributed by atoms with Gasteiger partial charge in [-0.05, 0) is 70.3 Å². The van der Waals surface area contributed by atoms with E-state index in [9.17, 15) is 19.0 Å². The van der Waals surface area contributed by atoms with E-state index in [1.165, 1.54) is 141 Å². The Hall–Kier alpha value is -2.03. The fourth-order valence-electron chi connectivity index (χ4n) is 8.06. The number of amides is 1. The maximum Gasteiger partial charge on any atom is 0.472 e. The summed E-state index contributed by atoms with van der Waals surface area (Å²) in [7, 11) is 1.48. The van der Waals surface area contributed by atoms with Crippen LogP contribution in [0.4, 0.5) is 0 Å². The molecule has 0 spiro atoms. The Labute approximate surface area is 420 Å². The molecule has 0 fully saturated rings. The summed E-state index contributed by atoms with van der Waals surface area (Å²) < 4.78 is 30.6. The van der Waals surface area contributed by atoms with Crippen LogP contribution >= 0.6 is 7.82 Å². The third kappa shape index (κ3) is 49.0. The Morgan fingerprint density at radius 1 is 0.515 bits per heavy atom. The van der Waals surface area contributed by atoms with Crippen molar-refractivity contribution in [3.63, 3.8) is 0 Å². The van der Waals surface area contributed by atoms with Crippen molar-refractivity contribution < 1.29 is 37.3 Å². The summed E-state index contributed by atoms with van der Waals surface area (Å²) in [5.41, 5.74) is 0. The number of quaternary nitrogens is 1. The van der Waals surface area contributed by atoms with E-state index in [1.54, 1.807) is 0 Å². The molecule has 0 heterocycles. The third-order valence-corrected chi connectivity index (χ3v) is 13.5. The van der Waals surface area contributed by atoms with Crippen LogP contribution in [0.15, 0.2) is 48.6 Å². The molecule has 0 aromatic heterocycles. The van der Waals surface area contributed by atoms with Crippen molar-refractivity contribution in [3.8, 4) is 0 Å². The zero-order valence-electron chi connectivity index (χ0n) is 45.3. The van der Waals surface area contributed by atoms with E-state index < -0.39 is 20.0 Å². The van der Waals surface area contributed by atoms with Gasteiger partial charge < -0.3 is 19.4 Å². The number of phosphoric acid groups is 1. The van der Waals surface area contributed by atoms with Crippen molar-refractivity contribution in [2.45, 2.75) is 270 Å². The van der Waals surface area contributed by atoms with E-state index >= 15 is 0 Å². The highest BCUT2D eigenvalue weighted by molar-refractivity contribution is 7.47. The van der Waals surface area contributed by atoms with Gasteiger partial charge in [0.25, 0.3) is 0 Å². The number of carbonyl (C=O) groups excluding carboxylic acids is 2. The molecule has 1 amide bonds. The molecule has 0 rings (SSSR count). The topological polar surface area (TPSA) is 111 Å². The molecule has 0 aromatic rings. The number of nitrogens with one attached hydrogen (secondary N) is 1. The van der Waals surface area contributed by atoms with E-state index in [-0.39, 0.29) is 31.5 Å². The Balaban J connectivity index is 5.39. The lowest BCUT2D eigenvalue weighted by Gasteiger charge is -2.27. The lowest BCUT2D eigenvalue weighted by atomic mass is 10.0. The lowest BCUT2D eigenvalue weighted by Crippen LogP contribution is -2.47. The minimum Gasteiger partial charge on any atom is -0.456 e. The van der Waals surface area contributed by atoms with Gasteiger partial charge in [0.15, 0.2) is 0 Å². The average molecular weight is 978 g/mol. The van der Waals surface area contributed by atoms with Crippen LogP contribution in [0.2, 0.25) is 0 Å². The second-order valence-electron chi connectivity index (χ2n) is 20.5. The molecule has 10 heteroatoms. The highest BCUT2D eigenvalue weighted by Crippen LogP contribution is 2.43. The molecule has 2 N–H and O–H groups in total. The van der Waals surface area contributed by atoms with E-state index in [1.807, 2.05) is 33.3 Å². The number of nitrogens with zero attached hydrogens (tertiary/aromatic N) is 1. The number of likely N-dealkylation sites (N-methyl/N-ethyl adjacent to an activating group) is 1. The number of allylic oxidation sites excluding steroid dienone is 7. The first kappa shape index (κ1) is 66.0. The van der Waals surface area contributed by atoms with Crippen LogP contribution in [0.25, 0.3) is 0 Å². The normalized spacial score (nSPS) is 14.2. The van der Waals surface area contributed by atoms with Crippen molar-refractivity contribution in [2.24, 2.45) is 0 Å². The second-order valence-corrected chi connectivity index (χ2v) is 21.9. The summed E-state index contributed by atoms with van der Waals surface area (Å²) in [5.74, 6) is -0.525. The van der Waals surface area contributed by atoms with Crippen LogP contribution < -0.4 is 5.32 Å². The summed E-state index contributed by atoms with van der Waals surface area (Å²) >= 11 is 0. The van der Waals surface area contributed by atoms with Crippen molar-refractivity contribution in [2.75, 3.05) is 40.9 Å². The van der Waals surface area contributed by atoms with Crippen molar-refractivity contribution >= 4 is 19.7 Å². The van der Waals surface area contributed by atoms with Crippen LogP contribution in [-0.4, -0.2) is 74.3 Å². The molecule has 398 valence electrons. The SMILES string of the molecule is CCCCC/C=C\C/C=C\C/C=C\CCCCCCC(=O)NC(COP(=O)(O)OCC[N+](C)(C)C)C(/C=C/CCCCCCCCCCCC)OC(=O)CCCCCCCCCCCCCCC. The first-order valence-corrected chi connectivity index (χ1v) is 30.0. The van der Waals surface area contributed by atoms with Gasteiger partial charge in [-0.25, -0.2) is 4.57 Å². The lowest BCUT2D eigenvalue weighted by molar-refractivity contribution is -0.870. The van der Waals surface area contributed by atoms with E-state index in [0.29, 0.717) is 17.4 Å². The highest BCUT2D eigenvalue weighted by atomic mass is 31.2. The standard InChI is InChI=1S/C58H109N2O7P/c1-7-10-13-16-19-22-25-28-29-30-31-33-35-38-41-44-47-50-57(61)59-55(54-66-68(63,64)65-53-52-60(4,5)6)56(49-46-43-40-37-34-27-24-21-18-15-12-9-3)67-58(62)51-48-45-42-39-36-32-26-23-20-17-14-11-8-2/h19,22,28-29,31,33,46,49,55-56H,7-18,20-21,23-27,30,32,34-45,47-48,50-54H2,1-6H3,(H-,59,61,63,64)/p+1/b22-19-,29-28-,33-31-,49-46+. The molecule has 0 aliphatic rings. The summed E-state index contributed by atoms with van der Waals surface area (Å²) in [4.78, 5) is 37.5. The first-order valence-electron chi connectivity index (χ1n) is 28.5. The largest absolute Gasteiger partial charge is 0.472 e. The monoisotopic (exact) mass is 978 g/mol. The molecular formula is C58H110N2O7P+. The van der Waals surface area contributed by atoms with Crippen molar-refractivity contribution in [3.05, 3.63) is 48.6 Å². The van der Waals surface area contributed by atoms with Gasteiger partial charge >= 0.3 is 13.8 Å². The molecule has 9 nitrogen and oxygen atoms in total. The molecule has 0 bridgehead atoms. The predicted molar refractivity (Wildman–Crippen MR) is 291 cm³/mol. The van der Waals surface area contributed by atoms with Crippen molar-refractivity contribution in [1.29, 1.82) is 0 Å². The highest BCUT2D eigenvalue weighted by Gasteiger charge is 2.30. The molecule has 3 atom stereocenters. The molecule has 0 saturated carbocycles. The third-order valence-electron chi connectivity index (χ3n) is 12.5. The Morgan fingerprint density at radius 2 is 0.897 bits per heavy atom. The smallest absolute Gasteiger partial charge is 0.456 e. The van der Waals surface area contributed by atoms with Gasteiger partial charge in [-0.15, -0.1) is 0 Å². The second kappa shape index (κ2) is 48.6. The van der Waals surface area contributed by atoms with Crippen LogP contribution in [0.1, 0.15) is 258 Å². The minimum absolute atomic E-state index is 0.0363. The van der Waals surface area contributed by atoms with Gasteiger partial charge in [0, 0.05) is 12.8 Å². The Kier molecular flexibility index (Phi) is 47.1. The molecule has 0 saturated heterocycles. The van der Waals surface area contributed by atoms with Gasteiger partial charge in [-0.1, -0.05) is 224 Å². The van der Waals surface area contributed by atoms with E-state index in [2.05, 4.69) is 62.5 Å². The number of hydrogen-bond acceptors (Lipinski definition) is 6. The van der Waals surface area contributed by atoms with Crippen LogP contribution in [0.3, 0.4) is 0 Å². The van der Waals surface area contributed by atoms with Gasteiger partial charge in [-0.3, -0.25) is 18.6 Å². The number of hydrogen-bond donors (Lipinski definition) is 2. The maximum atomic E-state index is 13.5. The van der Waals surface area contributed by atoms with Crippen LogP contribution in [0, 0.1) is 0 Å². The number of carbonyl (C=O) groups is 2. The molecule has 0 aliphatic carbocycles. The number of unbranched alkanes of at least 4 members (excludes halogenated alkanes) is 29. The molecule has 3 unspecified atom stereocenters. The molecule has 0 radical (unpaired) electrons. The maximum absolute atomic E-state index is 13.5. The molecule has 0 aliphatic heterocycles. The summed E-state index contributed by atoms with van der Waals surface area (Å²) in [5, 5.41) is 3.04. The predicted octanol–water partition coefficient (Wildman–Crippen LogP) is 16.9. The van der Waals surface area contributed by atoms with Crippen LogP contribution in [-0.2, 0) is 27.9 Å². The van der Waals surface area contributed by atoms with E-state index in [4.69, 9.17) is 13.8 Å². The summed E-state index contributed by atoms with van der Waals surface area (Å²) in [6, 6.07) is -0.856. The van der Waals surface area contributed by atoms with Gasteiger partial charge in [0.2, 0.25) is 5.91 Å². The number of rotatable bonds is 51. The first-order chi connectivity index (χ1) is 32.9. The quantitative estimate of drug-likeness (QED) is 0.0205. The molecule has 68 heavy (non-hydrogen) atoms. The number of ether oxygens (including phenoxy) is 1. The number of esters is 1.